The zero-order chi connectivity index (χ0) is 12.1. The lowest BCUT2D eigenvalue weighted by Gasteiger charge is -2.08. The lowest BCUT2D eigenvalue weighted by atomic mass is 9.98. The fourth-order valence-corrected chi connectivity index (χ4v) is 1.57. The van der Waals surface area contributed by atoms with E-state index in [1.807, 2.05) is 6.92 Å². The molecule has 1 rings (SSSR count). The SMILES string of the molecule is [CH2]C(CF)c1ccc(CCC)c([N+](=O)[O-])c1. The molecular weight excluding hydrogens is 209 g/mol. The molecule has 0 fully saturated rings. The summed E-state index contributed by atoms with van der Waals surface area (Å²) in [5.74, 6) is -0.533. The van der Waals surface area contributed by atoms with E-state index < -0.39 is 17.5 Å². The molecule has 0 aliphatic carbocycles. The van der Waals surface area contributed by atoms with Crippen molar-refractivity contribution in [2.24, 2.45) is 0 Å². The van der Waals surface area contributed by atoms with Crippen LogP contribution in [0.15, 0.2) is 18.2 Å². The van der Waals surface area contributed by atoms with E-state index in [-0.39, 0.29) is 5.69 Å². The Hall–Kier alpha value is -1.45. The number of hydrogen-bond donors (Lipinski definition) is 0. The topological polar surface area (TPSA) is 43.1 Å². The first-order valence-electron chi connectivity index (χ1n) is 5.26. The Morgan fingerprint density at radius 3 is 2.75 bits per heavy atom. The summed E-state index contributed by atoms with van der Waals surface area (Å²) >= 11 is 0. The van der Waals surface area contributed by atoms with Crippen LogP contribution in [0.5, 0.6) is 0 Å². The summed E-state index contributed by atoms with van der Waals surface area (Å²) in [6.45, 7) is 4.96. The molecule has 1 atom stereocenters. The minimum Gasteiger partial charge on any atom is -0.258 e. The molecule has 1 radical (unpaired) electrons. The minimum absolute atomic E-state index is 0.0708. The first kappa shape index (κ1) is 12.6. The lowest BCUT2D eigenvalue weighted by Crippen LogP contribution is -2.00. The number of halogens is 1. The zero-order valence-corrected chi connectivity index (χ0v) is 9.28. The van der Waals surface area contributed by atoms with Gasteiger partial charge in [-0.25, -0.2) is 0 Å². The summed E-state index contributed by atoms with van der Waals surface area (Å²) in [4.78, 5) is 10.4. The van der Waals surface area contributed by atoms with E-state index in [0.29, 0.717) is 17.5 Å². The largest absolute Gasteiger partial charge is 0.272 e. The second-order valence-electron chi connectivity index (χ2n) is 3.75. The normalized spacial score (nSPS) is 12.4. The molecule has 0 saturated heterocycles. The lowest BCUT2D eigenvalue weighted by molar-refractivity contribution is -0.385. The average Bonchev–Trinajstić information content (AvgIpc) is 2.28. The fourth-order valence-electron chi connectivity index (χ4n) is 1.57. The van der Waals surface area contributed by atoms with Gasteiger partial charge in [0.25, 0.3) is 5.69 Å². The van der Waals surface area contributed by atoms with E-state index in [1.54, 1.807) is 12.1 Å². The third kappa shape index (κ3) is 2.78. The van der Waals surface area contributed by atoms with Gasteiger partial charge in [0.2, 0.25) is 0 Å². The highest BCUT2D eigenvalue weighted by Crippen LogP contribution is 2.25. The minimum atomic E-state index is -0.607. The van der Waals surface area contributed by atoms with Crippen LogP contribution in [-0.4, -0.2) is 11.6 Å². The Morgan fingerprint density at radius 2 is 2.25 bits per heavy atom. The van der Waals surface area contributed by atoms with E-state index in [2.05, 4.69) is 6.92 Å². The molecule has 0 amide bonds. The fraction of sp³-hybridized carbons (Fsp3) is 0.417. The highest BCUT2D eigenvalue weighted by atomic mass is 19.1. The van der Waals surface area contributed by atoms with Gasteiger partial charge >= 0.3 is 0 Å². The molecule has 4 heteroatoms. The van der Waals surface area contributed by atoms with Crippen LogP contribution in [0.4, 0.5) is 10.1 Å². The van der Waals surface area contributed by atoms with Crippen LogP contribution >= 0.6 is 0 Å². The molecule has 1 unspecified atom stereocenters. The predicted molar refractivity (Wildman–Crippen MR) is 61.2 cm³/mol. The van der Waals surface area contributed by atoms with Gasteiger partial charge < -0.3 is 0 Å². The molecule has 3 nitrogen and oxygen atoms in total. The molecule has 0 spiro atoms. The number of nitro groups is 1. The summed E-state index contributed by atoms with van der Waals surface area (Å²) in [5, 5.41) is 10.9. The monoisotopic (exact) mass is 224 g/mol. The maximum Gasteiger partial charge on any atom is 0.272 e. The maximum absolute atomic E-state index is 12.4. The van der Waals surface area contributed by atoms with Crippen LogP contribution < -0.4 is 0 Å². The van der Waals surface area contributed by atoms with Crippen molar-refractivity contribution in [1.82, 2.24) is 0 Å². The molecule has 16 heavy (non-hydrogen) atoms. The maximum atomic E-state index is 12.4. The standard InChI is InChI=1S/C12H15FNO2/c1-3-4-10-5-6-11(9(2)8-13)7-12(10)14(15)16/h5-7,9H,2-4,8H2,1H3. The quantitative estimate of drug-likeness (QED) is 0.568. The van der Waals surface area contributed by atoms with E-state index in [0.717, 1.165) is 6.42 Å². The van der Waals surface area contributed by atoms with Gasteiger partial charge in [-0.3, -0.25) is 14.5 Å². The Balaban J connectivity index is 3.12. The van der Waals surface area contributed by atoms with Gasteiger partial charge in [0.15, 0.2) is 0 Å². The summed E-state index contributed by atoms with van der Waals surface area (Å²) in [6.07, 6.45) is 1.51. The number of aryl methyl sites for hydroxylation is 1. The molecule has 1 aromatic carbocycles. The summed E-state index contributed by atoms with van der Waals surface area (Å²) in [6, 6.07) is 4.85. The number of nitrogens with zero attached hydrogens (tertiary/aromatic N) is 1. The van der Waals surface area contributed by atoms with Gasteiger partial charge in [0.05, 0.1) is 11.6 Å². The van der Waals surface area contributed by atoms with Crippen LogP contribution in [-0.2, 0) is 6.42 Å². The molecule has 0 aromatic heterocycles. The second-order valence-corrected chi connectivity index (χ2v) is 3.75. The van der Waals surface area contributed by atoms with Crippen molar-refractivity contribution in [2.45, 2.75) is 25.7 Å². The van der Waals surface area contributed by atoms with Crippen LogP contribution in [0, 0.1) is 17.0 Å². The van der Waals surface area contributed by atoms with Crippen molar-refractivity contribution in [2.75, 3.05) is 6.67 Å². The summed E-state index contributed by atoms with van der Waals surface area (Å²) < 4.78 is 12.4. The van der Waals surface area contributed by atoms with Crippen molar-refractivity contribution >= 4 is 5.69 Å². The third-order valence-electron chi connectivity index (χ3n) is 2.48. The Bertz CT molecular complexity index is 379. The van der Waals surface area contributed by atoms with Gasteiger partial charge in [0.1, 0.15) is 0 Å². The molecule has 0 bridgehead atoms. The predicted octanol–water partition coefficient (Wildman–Crippen LogP) is 3.43. The van der Waals surface area contributed by atoms with Crippen LogP contribution in [0.3, 0.4) is 0 Å². The molecule has 0 aliphatic rings. The summed E-state index contributed by atoms with van der Waals surface area (Å²) in [7, 11) is 0. The number of benzene rings is 1. The van der Waals surface area contributed by atoms with Gasteiger partial charge in [0, 0.05) is 17.5 Å². The van der Waals surface area contributed by atoms with Crippen molar-refractivity contribution in [3.8, 4) is 0 Å². The molecule has 0 heterocycles. The molecule has 1 aromatic rings. The number of alkyl halides is 1. The van der Waals surface area contributed by atoms with Crippen LogP contribution in [0.25, 0.3) is 0 Å². The molecule has 0 aliphatic heterocycles. The molecular formula is C12H15FNO2. The van der Waals surface area contributed by atoms with Crippen molar-refractivity contribution in [3.05, 3.63) is 46.4 Å². The highest BCUT2D eigenvalue weighted by Gasteiger charge is 2.16. The van der Waals surface area contributed by atoms with Crippen molar-refractivity contribution in [3.63, 3.8) is 0 Å². The van der Waals surface area contributed by atoms with Gasteiger partial charge in [-0.15, -0.1) is 0 Å². The smallest absolute Gasteiger partial charge is 0.258 e. The Morgan fingerprint density at radius 1 is 1.56 bits per heavy atom. The van der Waals surface area contributed by atoms with E-state index >= 15 is 0 Å². The first-order chi connectivity index (χ1) is 7.60. The van der Waals surface area contributed by atoms with E-state index in [1.165, 1.54) is 6.07 Å². The van der Waals surface area contributed by atoms with Crippen LogP contribution in [0.2, 0.25) is 0 Å². The van der Waals surface area contributed by atoms with Crippen LogP contribution in [0.1, 0.15) is 30.4 Å². The van der Waals surface area contributed by atoms with Crippen molar-refractivity contribution < 1.29 is 9.31 Å². The highest BCUT2D eigenvalue weighted by molar-refractivity contribution is 5.44. The Labute approximate surface area is 94.4 Å². The third-order valence-corrected chi connectivity index (χ3v) is 2.48. The zero-order valence-electron chi connectivity index (χ0n) is 9.28. The molecule has 87 valence electrons. The molecule has 0 saturated carbocycles. The molecule has 0 N–H and O–H groups in total. The van der Waals surface area contributed by atoms with Gasteiger partial charge in [-0.2, -0.15) is 0 Å². The van der Waals surface area contributed by atoms with Crippen molar-refractivity contribution in [1.29, 1.82) is 0 Å². The Kier molecular flexibility index (Phi) is 4.40. The van der Waals surface area contributed by atoms with Gasteiger partial charge in [-0.05, 0) is 18.9 Å². The number of rotatable bonds is 5. The second kappa shape index (κ2) is 5.58. The first-order valence-corrected chi connectivity index (χ1v) is 5.26. The van der Waals surface area contributed by atoms with E-state index in [9.17, 15) is 14.5 Å². The van der Waals surface area contributed by atoms with E-state index in [4.69, 9.17) is 0 Å². The number of nitro benzene ring substituents is 1. The van der Waals surface area contributed by atoms with Gasteiger partial charge in [-0.1, -0.05) is 25.5 Å². The number of hydrogen-bond acceptors (Lipinski definition) is 2. The summed E-state index contributed by atoms with van der Waals surface area (Å²) in [5.41, 5.74) is 1.35. The average molecular weight is 224 g/mol.